The Morgan fingerprint density at radius 2 is 1.78 bits per heavy atom. The second kappa shape index (κ2) is 12.8. The van der Waals surface area contributed by atoms with E-state index >= 15 is 0 Å². The van der Waals surface area contributed by atoms with Crippen molar-refractivity contribution in [2.24, 2.45) is 0 Å². The molecular formula is C35H46N8O2. The van der Waals surface area contributed by atoms with Crippen molar-refractivity contribution in [3.8, 4) is 6.07 Å². The van der Waals surface area contributed by atoms with Crippen LogP contribution in [-0.2, 0) is 11.2 Å². The summed E-state index contributed by atoms with van der Waals surface area (Å²) in [5.74, 6) is 0.980. The highest BCUT2D eigenvalue weighted by molar-refractivity contribution is 5.95. The number of ether oxygens (including phenoxy) is 1. The molecular weight excluding hydrogens is 564 g/mol. The molecule has 10 heteroatoms. The van der Waals surface area contributed by atoms with Crippen LogP contribution in [0.5, 0.6) is 0 Å². The first-order valence-corrected chi connectivity index (χ1v) is 16.3. The molecule has 0 N–H and O–H groups in total. The molecule has 0 spiro atoms. The highest BCUT2D eigenvalue weighted by Crippen LogP contribution is 2.32. The Kier molecular flexibility index (Phi) is 8.85. The van der Waals surface area contributed by atoms with Crippen molar-refractivity contribution in [3.63, 3.8) is 0 Å². The molecule has 0 radical (unpaired) electrons. The zero-order valence-electron chi connectivity index (χ0n) is 27.3. The average Bonchev–Trinajstić information content (AvgIpc) is 3.02. The molecule has 3 atom stereocenters. The normalized spacial score (nSPS) is 23.1. The Morgan fingerprint density at radius 1 is 0.956 bits per heavy atom. The van der Waals surface area contributed by atoms with Gasteiger partial charge in [-0.15, -0.1) is 0 Å². The van der Waals surface area contributed by atoms with E-state index in [1.165, 1.54) is 5.69 Å². The monoisotopic (exact) mass is 610 g/mol. The average molecular weight is 611 g/mol. The molecule has 3 aliphatic rings. The predicted molar refractivity (Wildman–Crippen MR) is 178 cm³/mol. The Labute approximate surface area is 267 Å². The van der Waals surface area contributed by atoms with E-state index in [1.807, 2.05) is 37.8 Å². The Bertz CT molecular complexity index is 1570. The molecule has 2 aromatic heterocycles. The van der Waals surface area contributed by atoms with Crippen LogP contribution in [0, 0.1) is 11.3 Å². The van der Waals surface area contributed by atoms with Crippen LogP contribution in [-0.4, -0.2) is 113 Å². The maximum absolute atomic E-state index is 12.7. The fraction of sp³-hybridized carbons (Fsp3) is 0.543. The summed E-state index contributed by atoms with van der Waals surface area (Å²) in [5, 5.41) is 10.7. The zero-order valence-corrected chi connectivity index (χ0v) is 27.3. The third-order valence-electron chi connectivity index (χ3n) is 9.36. The van der Waals surface area contributed by atoms with Crippen LogP contribution in [0.15, 0.2) is 48.7 Å². The van der Waals surface area contributed by atoms with Gasteiger partial charge >= 0.3 is 6.09 Å². The summed E-state index contributed by atoms with van der Waals surface area (Å²) < 4.78 is 5.62. The van der Waals surface area contributed by atoms with Crippen LogP contribution in [0.1, 0.15) is 45.9 Å². The topological polar surface area (TPSA) is 92.1 Å². The fourth-order valence-electron chi connectivity index (χ4n) is 7.17. The third-order valence-corrected chi connectivity index (χ3v) is 9.36. The minimum Gasteiger partial charge on any atom is -0.444 e. The van der Waals surface area contributed by atoms with E-state index in [0.717, 1.165) is 81.2 Å². The van der Waals surface area contributed by atoms with Gasteiger partial charge in [-0.1, -0.05) is 6.07 Å². The number of aromatic nitrogens is 2. The molecule has 3 fully saturated rings. The van der Waals surface area contributed by atoms with E-state index in [2.05, 4.69) is 74.8 Å². The third kappa shape index (κ3) is 6.85. The molecule has 0 aliphatic carbocycles. The van der Waals surface area contributed by atoms with Crippen LogP contribution in [0.3, 0.4) is 0 Å². The minimum atomic E-state index is -0.497. The summed E-state index contributed by atoms with van der Waals surface area (Å²) in [6, 6.07) is 17.6. The van der Waals surface area contributed by atoms with Crippen molar-refractivity contribution in [2.75, 3.05) is 68.7 Å². The number of piperazine rings is 3. The zero-order chi connectivity index (χ0) is 31.7. The lowest BCUT2D eigenvalue weighted by molar-refractivity contribution is 0.0158. The first kappa shape index (κ1) is 31.1. The first-order chi connectivity index (χ1) is 21.6. The van der Waals surface area contributed by atoms with Gasteiger partial charge in [0, 0.05) is 106 Å². The molecule has 1 aromatic carbocycles. The number of nitriles is 1. The van der Waals surface area contributed by atoms with Crippen molar-refractivity contribution in [2.45, 2.75) is 64.8 Å². The van der Waals surface area contributed by atoms with Gasteiger partial charge in [0.2, 0.25) is 0 Å². The lowest BCUT2D eigenvalue weighted by Gasteiger charge is -2.51. The van der Waals surface area contributed by atoms with Crippen molar-refractivity contribution >= 4 is 28.5 Å². The molecule has 3 saturated heterocycles. The maximum atomic E-state index is 12.7. The number of rotatable bonds is 5. The van der Waals surface area contributed by atoms with Gasteiger partial charge in [-0.25, -0.2) is 9.78 Å². The van der Waals surface area contributed by atoms with Gasteiger partial charge in [-0.3, -0.25) is 9.88 Å². The Hall–Kier alpha value is -3.94. The minimum absolute atomic E-state index is 0.0475. The summed E-state index contributed by atoms with van der Waals surface area (Å²) in [4.78, 5) is 34.1. The SMILES string of the molecule is C[C@@H]1CN(c2ccc(C#N)c3ncccc23)C[C@@H]2CN(CCc3cccc(N4CCN(C(=O)OC(C)(C)C)[C@@H](C)C4)n3)CCN21. The van der Waals surface area contributed by atoms with E-state index in [9.17, 15) is 10.1 Å². The maximum Gasteiger partial charge on any atom is 0.410 e. The first-order valence-electron chi connectivity index (χ1n) is 16.3. The largest absolute Gasteiger partial charge is 0.444 e. The summed E-state index contributed by atoms with van der Waals surface area (Å²) in [6.07, 6.45) is 2.43. The van der Waals surface area contributed by atoms with E-state index < -0.39 is 5.60 Å². The van der Waals surface area contributed by atoms with E-state index in [0.29, 0.717) is 24.2 Å². The van der Waals surface area contributed by atoms with E-state index in [4.69, 9.17) is 9.72 Å². The molecule has 3 aromatic rings. The number of hydrogen-bond donors (Lipinski definition) is 0. The van der Waals surface area contributed by atoms with Gasteiger partial charge in [-0.05, 0) is 71.0 Å². The van der Waals surface area contributed by atoms with Crippen molar-refractivity contribution in [3.05, 3.63) is 59.9 Å². The molecule has 0 saturated carbocycles. The summed E-state index contributed by atoms with van der Waals surface area (Å²) in [5.41, 5.74) is 3.19. The van der Waals surface area contributed by atoms with Crippen molar-refractivity contribution in [1.82, 2.24) is 24.7 Å². The van der Waals surface area contributed by atoms with Crippen molar-refractivity contribution < 1.29 is 9.53 Å². The highest BCUT2D eigenvalue weighted by Gasteiger charge is 2.37. The molecule has 238 valence electrons. The molecule has 3 aliphatic heterocycles. The number of anilines is 2. The number of nitrogens with zero attached hydrogens (tertiary/aromatic N) is 8. The highest BCUT2D eigenvalue weighted by atomic mass is 16.6. The summed E-state index contributed by atoms with van der Waals surface area (Å²) in [7, 11) is 0. The number of pyridine rings is 2. The number of carbonyl (C=O) groups is 1. The van der Waals surface area contributed by atoms with Gasteiger partial charge in [0.05, 0.1) is 11.1 Å². The van der Waals surface area contributed by atoms with E-state index in [-0.39, 0.29) is 12.1 Å². The molecule has 0 unspecified atom stereocenters. The molecule has 5 heterocycles. The number of amides is 1. The van der Waals surface area contributed by atoms with Crippen LogP contribution in [0.25, 0.3) is 10.9 Å². The van der Waals surface area contributed by atoms with Gasteiger partial charge < -0.3 is 24.3 Å². The molecule has 1 amide bonds. The standard InChI is InChI=1S/C35H46N8O2/c1-25-22-41(31-12-11-27(20-36)33-30(31)9-7-14-37-33)24-29-23-39(16-18-42(25)29)15-13-28-8-6-10-32(38-28)40-17-19-43(26(2)21-40)34(44)45-35(3,4)5/h6-12,14,25-26,29H,13,15-19,21-24H2,1-5H3/t25-,26+,29+/m1/s1. The van der Waals surface area contributed by atoms with Crippen LogP contribution < -0.4 is 9.80 Å². The van der Waals surface area contributed by atoms with Crippen LogP contribution in [0.2, 0.25) is 0 Å². The Balaban J connectivity index is 1.07. The van der Waals surface area contributed by atoms with Gasteiger partial charge in [0.1, 0.15) is 17.5 Å². The molecule has 0 bridgehead atoms. The predicted octanol–water partition coefficient (Wildman–Crippen LogP) is 4.38. The van der Waals surface area contributed by atoms with Crippen LogP contribution in [0.4, 0.5) is 16.3 Å². The van der Waals surface area contributed by atoms with Gasteiger partial charge in [0.15, 0.2) is 0 Å². The lowest BCUT2D eigenvalue weighted by atomic mass is 10.0. The van der Waals surface area contributed by atoms with Crippen molar-refractivity contribution in [1.29, 1.82) is 5.26 Å². The molecule has 10 nitrogen and oxygen atoms in total. The number of fused-ring (bicyclic) bond motifs is 2. The summed E-state index contributed by atoms with van der Waals surface area (Å²) >= 11 is 0. The smallest absolute Gasteiger partial charge is 0.410 e. The summed E-state index contributed by atoms with van der Waals surface area (Å²) in [6.45, 7) is 18.3. The molecule has 6 rings (SSSR count). The van der Waals surface area contributed by atoms with Crippen LogP contribution >= 0.6 is 0 Å². The lowest BCUT2D eigenvalue weighted by Crippen LogP contribution is -2.65. The van der Waals surface area contributed by atoms with Gasteiger partial charge in [0.25, 0.3) is 0 Å². The van der Waals surface area contributed by atoms with E-state index in [1.54, 1.807) is 6.20 Å². The second-order valence-corrected chi connectivity index (χ2v) is 13.8. The number of hydrogen-bond acceptors (Lipinski definition) is 9. The quantitative estimate of drug-likeness (QED) is 0.417. The fourth-order valence-corrected chi connectivity index (χ4v) is 7.17. The molecule has 45 heavy (non-hydrogen) atoms. The Morgan fingerprint density at radius 3 is 2.56 bits per heavy atom. The second-order valence-electron chi connectivity index (χ2n) is 13.8. The van der Waals surface area contributed by atoms with Gasteiger partial charge in [-0.2, -0.15) is 5.26 Å². The number of carbonyl (C=O) groups excluding carboxylic acids is 1. The number of benzene rings is 1.